The first-order valence-corrected chi connectivity index (χ1v) is 7.48. The maximum absolute atomic E-state index is 11.4. The summed E-state index contributed by atoms with van der Waals surface area (Å²) in [7, 11) is 0. The Balaban J connectivity index is -0.000000540. The van der Waals surface area contributed by atoms with Crippen LogP contribution in [0.25, 0.3) is 0 Å². The van der Waals surface area contributed by atoms with Gasteiger partial charge in [0, 0.05) is 0 Å². The van der Waals surface area contributed by atoms with Crippen LogP contribution in [0.3, 0.4) is 0 Å². The molecule has 0 heterocycles. The normalized spacial score (nSPS) is 10.9. The van der Waals surface area contributed by atoms with Crippen molar-refractivity contribution in [2.24, 2.45) is 5.41 Å². The van der Waals surface area contributed by atoms with Crippen LogP contribution >= 0.6 is 0 Å². The van der Waals surface area contributed by atoms with E-state index in [1.165, 1.54) is 0 Å². The molecule has 0 aromatic heterocycles. The van der Waals surface area contributed by atoms with Gasteiger partial charge in [-0.05, 0) is 12.8 Å². The first kappa shape index (κ1) is 22.8. The Morgan fingerprint density at radius 3 is 1.40 bits per heavy atom. The van der Waals surface area contributed by atoms with Crippen LogP contribution in [0.2, 0.25) is 0 Å². The van der Waals surface area contributed by atoms with E-state index in [0.29, 0.717) is 12.8 Å². The SMILES string of the molecule is CCCCCCC(CCCCCC)(C(=O)O)C(=O)O.[Ba+2].[H-].[H-]. The van der Waals surface area contributed by atoms with Gasteiger partial charge in [0.1, 0.15) is 0 Å². The first-order chi connectivity index (χ1) is 9.01. The summed E-state index contributed by atoms with van der Waals surface area (Å²) in [6.45, 7) is 4.15. The van der Waals surface area contributed by atoms with E-state index in [1.54, 1.807) is 0 Å². The predicted octanol–water partition coefficient (Wildman–Crippen LogP) is 3.93. The third kappa shape index (κ3) is 8.08. The summed E-state index contributed by atoms with van der Waals surface area (Å²) in [4.78, 5) is 22.8. The van der Waals surface area contributed by atoms with Gasteiger partial charge in [0.15, 0.2) is 5.41 Å². The van der Waals surface area contributed by atoms with Gasteiger partial charge in [-0.25, -0.2) is 0 Å². The Morgan fingerprint density at radius 1 is 0.800 bits per heavy atom. The molecule has 116 valence electrons. The Bertz CT molecular complexity index is 261. The summed E-state index contributed by atoms with van der Waals surface area (Å²) >= 11 is 0. The van der Waals surface area contributed by atoms with E-state index in [9.17, 15) is 19.8 Å². The van der Waals surface area contributed by atoms with E-state index in [0.717, 1.165) is 38.5 Å². The van der Waals surface area contributed by atoms with Gasteiger partial charge >= 0.3 is 60.8 Å². The molecule has 2 N–H and O–H groups in total. The largest absolute Gasteiger partial charge is 2.00 e. The summed E-state index contributed by atoms with van der Waals surface area (Å²) in [6, 6.07) is 0. The molecule has 0 bridgehead atoms. The second-order valence-corrected chi connectivity index (χ2v) is 5.31. The predicted molar refractivity (Wildman–Crippen MR) is 83.2 cm³/mol. The minimum atomic E-state index is -1.57. The zero-order valence-electron chi connectivity index (χ0n) is 15.0. The molecule has 0 saturated heterocycles. The molecule has 0 atom stereocenters. The second kappa shape index (κ2) is 13.2. The number of hydrogen-bond donors (Lipinski definition) is 2. The number of carboxylic acid groups (broad SMARTS) is 2. The number of aliphatic carboxylic acids is 2. The van der Waals surface area contributed by atoms with Crippen LogP contribution in [-0.2, 0) is 9.59 Å². The molecule has 0 aromatic carbocycles. The standard InChI is InChI=1S/C15H28O4.Ba.2H/c1-3-5-7-9-11-15(13(16)17,14(18)19)12-10-8-6-4-2;;;/h3-12H2,1-2H3,(H,16,17)(H,18,19);;;/q;+2;2*-1. The molecule has 0 aromatic rings. The second-order valence-electron chi connectivity index (χ2n) is 5.31. The summed E-state index contributed by atoms with van der Waals surface area (Å²) in [5.41, 5.74) is -1.57. The maximum atomic E-state index is 11.4. The summed E-state index contributed by atoms with van der Waals surface area (Å²) in [5.74, 6) is -2.35. The van der Waals surface area contributed by atoms with Gasteiger partial charge in [-0.2, -0.15) is 0 Å². The topological polar surface area (TPSA) is 74.6 Å². The number of unbranched alkanes of at least 4 members (excludes halogenated alkanes) is 6. The molecule has 0 aliphatic heterocycles. The minimum absolute atomic E-state index is 0. The van der Waals surface area contributed by atoms with Crippen LogP contribution in [0.1, 0.15) is 80.9 Å². The van der Waals surface area contributed by atoms with E-state index < -0.39 is 17.4 Å². The molecule has 0 unspecified atom stereocenters. The molecule has 0 amide bonds. The molecule has 20 heavy (non-hydrogen) atoms. The van der Waals surface area contributed by atoms with Gasteiger partial charge in [-0.15, -0.1) is 0 Å². The van der Waals surface area contributed by atoms with Crippen LogP contribution in [0.4, 0.5) is 0 Å². The van der Waals surface area contributed by atoms with E-state index >= 15 is 0 Å². The van der Waals surface area contributed by atoms with Gasteiger partial charge in [0.05, 0.1) is 0 Å². The smallest absolute Gasteiger partial charge is 1.00 e. The Morgan fingerprint density at radius 2 is 1.15 bits per heavy atom. The zero-order valence-corrected chi connectivity index (χ0v) is 17.4. The number of carbonyl (C=O) groups is 2. The van der Waals surface area contributed by atoms with Crippen molar-refractivity contribution in [2.45, 2.75) is 78.1 Å². The van der Waals surface area contributed by atoms with Gasteiger partial charge in [-0.1, -0.05) is 65.2 Å². The Hall–Kier alpha value is 0.511. The maximum Gasteiger partial charge on any atom is 2.00 e. The van der Waals surface area contributed by atoms with E-state index in [4.69, 9.17) is 0 Å². The van der Waals surface area contributed by atoms with Crippen LogP contribution < -0.4 is 0 Å². The fourth-order valence-corrected chi connectivity index (χ4v) is 2.35. The fraction of sp³-hybridized carbons (Fsp3) is 0.867. The Kier molecular flexibility index (Phi) is 15.0. The van der Waals surface area contributed by atoms with Crippen LogP contribution in [-0.4, -0.2) is 71.0 Å². The number of rotatable bonds is 12. The quantitative estimate of drug-likeness (QED) is 0.290. The molecular formula is C15H30BaO4. The molecule has 0 aliphatic carbocycles. The zero-order chi connectivity index (χ0) is 14.7. The Labute approximate surface area is 165 Å². The van der Waals surface area contributed by atoms with Crippen LogP contribution in [0, 0.1) is 5.41 Å². The van der Waals surface area contributed by atoms with Crippen molar-refractivity contribution in [1.29, 1.82) is 0 Å². The van der Waals surface area contributed by atoms with Crippen molar-refractivity contribution in [3.63, 3.8) is 0 Å². The van der Waals surface area contributed by atoms with Crippen LogP contribution in [0.5, 0.6) is 0 Å². The van der Waals surface area contributed by atoms with Crippen molar-refractivity contribution in [3.05, 3.63) is 0 Å². The molecule has 0 aliphatic rings. The van der Waals surface area contributed by atoms with Gasteiger partial charge < -0.3 is 13.1 Å². The van der Waals surface area contributed by atoms with Crippen molar-refractivity contribution >= 4 is 60.8 Å². The van der Waals surface area contributed by atoms with E-state index in [1.807, 2.05) is 0 Å². The molecule has 5 heteroatoms. The van der Waals surface area contributed by atoms with Crippen molar-refractivity contribution < 1.29 is 22.7 Å². The number of hydrogen-bond acceptors (Lipinski definition) is 2. The van der Waals surface area contributed by atoms with Crippen molar-refractivity contribution in [3.8, 4) is 0 Å². The molecule has 0 saturated carbocycles. The summed E-state index contributed by atoms with van der Waals surface area (Å²) < 4.78 is 0. The van der Waals surface area contributed by atoms with Crippen molar-refractivity contribution in [2.75, 3.05) is 0 Å². The minimum Gasteiger partial charge on any atom is -1.00 e. The van der Waals surface area contributed by atoms with E-state index in [-0.39, 0.29) is 64.6 Å². The van der Waals surface area contributed by atoms with E-state index in [2.05, 4.69) is 13.8 Å². The average Bonchev–Trinajstić information content (AvgIpc) is 2.36. The van der Waals surface area contributed by atoms with Gasteiger partial charge in [-0.3, -0.25) is 9.59 Å². The monoisotopic (exact) mass is 412 g/mol. The average molecular weight is 412 g/mol. The van der Waals surface area contributed by atoms with Gasteiger partial charge in [0.25, 0.3) is 0 Å². The van der Waals surface area contributed by atoms with Crippen molar-refractivity contribution in [1.82, 2.24) is 0 Å². The fourth-order valence-electron chi connectivity index (χ4n) is 2.35. The van der Waals surface area contributed by atoms with Crippen LogP contribution in [0.15, 0.2) is 0 Å². The molecule has 0 radical (unpaired) electrons. The third-order valence-electron chi connectivity index (χ3n) is 3.73. The third-order valence-corrected chi connectivity index (χ3v) is 3.73. The molecule has 0 spiro atoms. The molecule has 0 fully saturated rings. The summed E-state index contributed by atoms with van der Waals surface area (Å²) in [5, 5.41) is 18.7. The molecule has 4 nitrogen and oxygen atoms in total. The first-order valence-electron chi connectivity index (χ1n) is 7.48. The number of carboxylic acids is 2. The summed E-state index contributed by atoms with van der Waals surface area (Å²) in [6.07, 6.45) is 7.87. The van der Waals surface area contributed by atoms with Gasteiger partial charge in [0.2, 0.25) is 0 Å². The molecular weight excluding hydrogens is 381 g/mol. The molecule has 0 rings (SSSR count).